The molecule has 3 heteroatoms. The van der Waals surface area contributed by atoms with Gasteiger partial charge in [-0.2, -0.15) is 0 Å². The van der Waals surface area contributed by atoms with Gasteiger partial charge in [0.1, 0.15) is 0 Å². The van der Waals surface area contributed by atoms with Gasteiger partial charge in [0.2, 0.25) is 5.91 Å². The Balaban J connectivity index is 1.94. The molecule has 116 valence electrons. The van der Waals surface area contributed by atoms with E-state index in [4.69, 9.17) is 0 Å². The van der Waals surface area contributed by atoms with E-state index in [1.54, 1.807) is 0 Å². The van der Waals surface area contributed by atoms with Gasteiger partial charge in [0.05, 0.1) is 6.04 Å². The zero-order valence-electron chi connectivity index (χ0n) is 13.5. The van der Waals surface area contributed by atoms with Crippen LogP contribution in [0.25, 0.3) is 0 Å². The number of amides is 1. The zero-order chi connectivity index (χ0) is 15.2. The van der Waals surface area contributed by atoms with Crippen molar-refractivity contribution in [3.8, 4) is 0 Å². The summed E-state index contributed by atoms with van der Waals surface area (Å²) >= 11 is 0. The molecular weight excluding hydrogens is 260 g/mol. The summed E-state index contributed by atoms with van der Waals surface area (Å²) in [7, 11) is 0. The van der Waals surface area contributed by atoms with E-state index < -0.39 is 0 Å². The van der Waals surface area contributed by atoms with Crippen LogP contribution in [0.4, 0.5) is 0 Å². The van der Waals surface area contributed by atoms with Gasteiger partial charge >= 0.3 is 0 Å². The van der Waals surface area contributed by atoms with Crippen molar-refractivity contribution in [3.05, 3.63) is 35.4 Å². The first-order valence-electron chi connectivity index (χ1n) is 8.26. The summed E-state index contributed by atoms with van der Waals surface area (Å²) in [6.45, 7) is 6.18. The number of benzene rings is 1. The molecule has 1 aliphatic carbocycles. The summed E-state index contributed by atoms with van der Waals surface area (Å²) in [6.07, 6.45) is 5.58. The van der Waals surface area contributed by atoms with Gasteiger partial charge in [0.15, 0.2) is 0 Å². The van der Waals surface area contributed by atoms with Crippen molar-refractivity contribution in [1.82, 2.24) is 10.6 Å². The Morgan fingerprint density at radius 2 is 2.10 bits per heavy atom. The molecule has 2 N–H and O–H groups in total. The number of carbonyl (C=O) groups excluding carboxylic acids is 1. The third-order valence-corrected chi connectivity index (χ3v) is 4.32. The molecule has 0 heterocycles. The molecule has 3 nitrogen and oxygen atoms in total. The average molecular weight is 288 g/mol. The lowest BCUT2D eigenvalue weighted by Crippen LogP contribution is -2.46. The van der Waals surface area contributed by atoms with Crippen LogP contribution in [0, 0.1) is 0 Å². The van der Waals surface area contributed by atoms with E-state index in [1.165, 1.54) is 17.5 Å². The monoisotopic (exact) mass is 288 g/mol. The lowest BCUT2D eigenvalue weighted by molar-refractivity contribution is -0.123. The maximum atomic E-state index is 12.2. The first kappa shape index (κ1) is 16.0. The van der Waals surface area contributed by atoms with Crippen molar-refractivity contribution in [2.75, 3.05) is 0 Å². The van der Waals surface area contributed by atoms with Crippen LogP contribution < -0.4 is 10.6 Å². The highest BCUT2D eigenvalue weighted by atomic mass is 16.2. The molecule has 1 aromatic rings. The van der Waals surface area contributed by atoms with Crippen molar-refractivity contribution < 1.29 is 4.79 Å². The largest absolute Gasteiger partial charge is 0.352 e. The van der Waals surface area contributed by atoms with Crippen LogP contribution in [0.5, 0.6) is 0 Å². The fourth-order valence-electron chi connectivity index (χ4n) is 3.18. The normalized spacial score (nSPS) is 20.4. The van der Waals surface area contributed by atoms with E-state index in [-0.39, 0.29) is 18.0 Å². The SMILES string of the molecule is CCCC(C)NC(=O)C(C)NC1CCCc2ccccc21. The van der Waals surface area contributed by atoms with Crippen molar-refractivity contribution >= 4 is 5.91 Å². The molecule has 3 atom stereocenters. The smallest absolute Gasteiger partial charge is 0.237 e. The molecule has 1 aliphatic rings. The highest BCUT2D eigenvalue weighted by Crippen LogP contribution is 2.29. The summed E-state index contributed by atoms with van der Waals surface area (Å²) in [5.41, 5.74) is 2.79. The number of aryl methyl sites for hydroxylation is 1. The van der Waals surface area contributed by atoms with E-state index in [1.807, 2.05) is 6.92 Å². The Morgan fingerprint density at radius 3 is 2.86 bits per heavy atom. The van der Waals surface area contributed by atoms with Gasteiger partial charge in [0, 0.05) is 12.1 Å². The maximum Gasteiger partial charge on any atom is 0.237 e. The predicted molar refractivity (Wildman–Crippen MR) is 87.2 cm³/mol. The van der Waals surface area contributed by atoms with E-state index in [0.29, 0.717) is 6.04 Å². The molecule has 0 aliphatic heterocycles. The highest BCUT2D eigenvalue weighted by Gasteiger charge is 2.24. The third kappa shape index (κ3) is 4.31. The number of nitrogens with one attached hydrogen (secondary N) is 2. The summed E-state index contributed by atoms with van der Waals surface area (Å²) in [5, 5.41) is 6.60. The molecule has 1 amide bonds. The zero-order valence-corrected chi connectivity index (χ0v) is 13.5. The number of fused-ring (bicyclic) bond motifs is 1. The Labute approximate surface area is 128 Å². The van der Waals surface area contributed by atoms with E-state index >= 15 is 0 Å². The lowest BCUT2D eigenvalue weighted by Gasteiger charge is -2.29. The average Bonchev–Trinajstić information content (AvgIpc) is 2.47. The Kier molecular flexibility index (Phi) is 5.80. The first-order chi connectivity index (χ1) is 10.1. The second-order valence-corrected chi connectivity index (χ2v) is 6.23. The van der Waals surface area contributed by atoms with Crippen LogP contribution in [-0.4, -0.2) is 18.0 Å². The molecule has 0 saturated heterocycles. The molecule has 1 aromatic carbocycles. The highest BCUT2D eigenvalue weighted by molar-refractivity contribution is 5.81. The first-order valence-corrected chi connectivity index (χ1v) is 8.26. The Bertz CT molecular complexity index is 472. The molecule has 0 fully saturated rings. The number of rotatable bonds is 6. The number of carbonyl (C=O) groups is 1. The van der Waals surface area contributed by atoms with Crippen molar-refractivity contribution in [2.24, 2.45) is 0 Å². The summed E-state index contributed by atoms with van der Waals surface area (Å²) in [4.78, 5) is 12.2. The second-order valence-electron chi connectivity index (χ2n) is 6.23. The molecule has 0 bridgehead atoms. The van der Waals surface area contributed by atoms with Gasteiger partial charge in [-0.05, 0) is 50.7 Å². The van der Waals surface area contributed by atoms with E-state index in [2.05, 4.69) is 48.7 Å². The molecule has 0 aromatic heterocycles. The predicted octanol–water partition coefficient (Wildman–Crippen LogP) is 3.35. The minimum atomic E-state index is -0.152. The van der Waals surface area contributed by atoms with E-state index in [9.17, 15) is 4.79 Å². The number of hydrogen-bond donors (Lipinski definition) is 2. The molecule has 0 radical (unpaired) electrons. The van der Waals surface area contributed by atoms with E-state index in [0.717, 1.165) is 25.7 Å². The molecule has 3 unspecified atom stereocenters. The van der Waals surface area contributed by atoms with Crippen molar-refractivity contribution in [2.45, 2.75) is 71.0 Å². The molecule has 2 rings (SSSR count). The quantitative estimate of drug-likeness (QED) is 0.843. The Morgan fingerprint density at radius 1 is 1.33 bits per heavy atom. The van der Waals surface area contributed by atoms with Gasteiger partial charge in [-0.1, -0.05) is 37.6 Å². The summed E-state index contributed by atoms with van der Waals surface area (Å²) < 4.78 is 0. The standard InChI is InChI=1S/C18H28N2O/c1-4-8-13(2)19-18(21)14(3)20-17-12-7-10-15-9-5-6-11-16(15)17/h5-6,9,11,13-14,17,20H,4,7-8,10,12H2,1-3H3,(H,19,21). The molecule has 0 spiro atoms. The third-order valence-electron chi connectivity index (χ3n) is 4.32. The fourth-order valence-corrected chi connectivity index (χ4v) is 3.18. The molecule has 0 saturated carbocycles. The minimum absolute atomic E-state index is 0.110. The molecular formula is C18H28N2O. The summed E-state index contributed by atoms with van der Waals surface area (Å²) in [6, 6.07) is 8.99. The lowest BCUT2D eigenvalue weighted by atomic mass is 9.87. The van der Waals surface area contributed by atoms with Crippen LogP contribution in [0.3, 0.4) is 0 Å². The number of hydrogen-bond acceptors (Lipinski definition) is 2. The van der Waals surface area contributed by atoms with Crippen LogP contribution in [0.15, 0.2) is 24.3 Å². The van der Waals surface area contributed by atoms with Crippen LogP contribution >= 0.6 is 0 Å². The van der Waals surface area contributed by atoms with Gasteiger partial charge in [-0.15, -0.1) is 0 Å². The van der Waals surface area contributed by atoms with Gasteiger partial charge < -0.3 is 5.32 Å². The maximum absolute atomic E-state index is 12.2. The van der Waals surface area contributed by atoms with Crippen LogP contribution in [-0.2, 0) is 11.2 Å². The topological polar surface area (TPSA) is 41.1 Å². The van der Waals surface area contributed by atoms with Gasteiger partial charge in [0.25, 0.3) is 0 Å². The van der Waals surface area contributed by atoms with Crippen molar-refractivity contribution in [1.29, 1.82) is 0 Å². The second kappa shape index (κ2) is 7.60. The van der Waals surface area contributed by atoms with Crippen LogP contribution in [0.2, 0.25) is 0 Å². The van der Waals surface area contributed by atoms with Crippen LogP contribution in [0.1, 0.15) is 63.6 Å². The minimum Gasteiger partial charge on any atom is -0.352 e. The van der Waals surface area contributed by atoms with Gasteiger partial charge in [-0.3, -0.25) is 10.1 Å². The summed E-state index contributed by atoms with van der Waals surface area (Å²) in [5.74, 6) is 0.110. The van der Waals surface area contributed by atoms with Crippen molar-refractivity contribution in [3.63, 3.8) is 0 Å². The Hall–Kier alpha value is -1.35. The molecule has 21 heavy (non-hydrogen) atoms. The van der Waals surface area contributed by atoms with Gasteiger partial charge in [-0.25, -0.2) is 0 Å². The fraction of sp³-hybridized carbons (Fsp3) is 0.611.